The number of thioether (sulfide) groups is 1. The molecule has 2 aromatic carbocycles. The SMILES string of the molecule is Cc1ccc(NC(=O)CSc2nnc(NC(=O)Nc3ccc(F)cc3)s2)cc1. The predicted octanol–water partition coefficient (Wildman–Crippen LogP) is 4.36. The van der Waals surface area contributed by atoms with Crippen molar-refractivity contribution in [2.45, 2.75) is 11.3 Å². The molecule has 144 valence electrons. The van der Waals surface area contributed by atoms with Crippen LogP contribution in [0.25, 0.3) is 0 Å². The molecule has 0 atom stereocenters. The van der Waals surface area contributed by atoms with Crippen LogP contribution in [-0.2, 0) is 4.79 Å². The zero-order chi connectivity index (χ0) is 19.9. The van der Waals surface area contributed by atoms with Crippen molar-refractivity contribution in [1.82, 2.24) is 10.2 Å². The highest BCUT2D eigenvalue weighted by Crippen LogP contribution is 2.25. The minimum atomic E-state index is -0.517. The van der Waals surface area contributed by atoms with Crippen molar-refractivity contribution < 1.29 is 14.0 Å². The van der Waals surface area contributed by atoms with E-state index in [2.05, 4.69) is 26.1 Å². The number of benzene rings is 2. The van der Waals surface area contributed by atoms with Gasteiger partial charge in [0.15, 0.2) is 4.34 Å². The van der Waals surface area contributed by atoms with Gasteiger partial charge in [-0.3, -0.25) is 10.1 Å². The van der Waals surface area contributed by atoms with E-state index in [9.17, 15) is 14.0 Å². The van der Waals surface area contributed by atoms with Crippen LogP contribution >= 0.6 is 23.1 Å². The summed E-state index contributed by atoms with van der Waals surface area (Å²) in [7, 11) is 0. The lowest BCUT2D eigenvalue weighted by atomic mass is 10.2. The number of aryl methyl sites for hydroxylation is 1. The van der Waals surface area contributed by atoms with Gasteiger partial charge in [-0.2, -0.15) is 0 Å². The van der Waals surface area contributed by atoms with E-state index in [4.69, 9.17) is 0 Å². The lowest BCUT2D eigenvalue weighted by molar-refractivity contribution is -0.113. The maximum absolute atomic E-state index is 12.9. The molecule has 3 N–H and O–H groups in total. The molecular weight excluding hydrogens is 401 g/mol. The summed E-state index contributed by atoms with van der Waals surface area (Å²) in [5.74, 6) is -0.375. The maximum Gasteiger partial charge on any atom is 0.325 e. The molecule has 7 nitrogen and oxygen atoms in total. The number of anilines is 3. The second kappa shape index (κ2) is 9.29. The highest BCUT2D eigenvalue weighted by atomic mass is 32.2. The van der Waals surface area contributed by atoms with Crippen molar-refractivity contribution in [3.63, 3.8) is 0 Å². The van der Waals surface area contributed by atoms with Crippen molar-refractivity contribution in [3.05, 3.63) is 59.9 Å². The Morgan fingerprint density at radius 3 is 2.32 bits per heavy atom. The van der Waals surface area contributed by atoms with Gasteiger partial charge >= 0.3 is 6.03 Å². The van der Waals surface area contributed by atoms with E-state index in [1.54, 1.807) is 0 Å². The van der Waals surface area contributed by atoms with Gasteiger partial charge < -0.3 is 10.6 Å². The lowest BCUT2D eigenvalue weighted by Gasteiger charge is -2.04. The molecule has 3 aromatic rings. The quantitative estimate of drug-likeness (QED) is 0.409. The van der Waals surface area contributed by atoms with Crippen LogP contribution in [-0.4, -0.2) is 27.9 Å². The van der Waals surface area contributed by atoms with Gasteiger partial charge in [-0.05, 0) is 43.3 Å². The summed E-state index contributed by atoms with van der Waals surface area (Å²) >= 11 is 2.38. The molecule has 10 heteroatoms. The number of carbonyl (C=O) groups excluding carboxylic acids is 2. The Balaban J connectivity index is 1.45. The van der Waals surface area contributed by atoms with E-state index in [0.29, 0.717) is 15.2 Å². The van der Waals surface area contributed by atoms with Crippen LogP contribution in [0.4, 0.5) is 25.7 Å². The topological polar surface area (TPSA) is 96.0 Å². The largest absolute Gasteiger partial charge is 0.325 e. The Morgan fingerprint density at radius 1 is 0.964 bits per heavy atom. The van der Waals surface area contributed by atoms with Crippen LogP contribution < -0.4 is 16.0 Å². The third kappa shape index (κ3) is 6.03. The Hall–Kier alpha value is -2.98. The number of nitrogens with one attached hydrogen (secondary N) is 3. The monoisotopic (exact) mass is 417 g/mol. The van der Waals surface area contributed by atoms with Gasteiger partial charge in [-0.15, -0.1) is 10.2 Å². The summed E-state index contributed by atoms with van der Waals surface area (Å²) in [6.45, 7) is 1.97. The van der Waals surface area contributed by atoms with E-state index < -0.39 is 6.03 Å². The first-order valence-electron chi connectivity index (χ1n) is 8.14. The Labute approximate surface area is 168 Å². The maximum atomic E-state index is 12.9. The average molecular weight is 417 g/mol. The standard InChI is InChI=1S/C18H16FN5O2S2/c1-11-2-6-13(7-3-11)20-15(25)10-27-18-24-23-17(28-18)22-16(26)21-14-8-4-12(19)5-9-14/h2-9H,10H2,1H3,(H,20,25)(H2,21,22,23,26). The number of halogens is 1. The summed E-state index contributed by atoms with van der Waals surface area (Å²) < 4.78 is 13.4. The fourth-order valence-electron chi connectivity index (χ4n) is 2.07. The molecule has 0 bridgehead atoms. The van der Waals surface area contributed by atoms with Gasteiger partial charge in [-0.1, -0.05) is 40.8 Å². The Kier molecular flexibility index (Phi) is 6.56. The normalized spacial score (nSPS) is 10.4. The van der Waals surface area contributed by atoms with Gasteiger partial charge in [0.25, 0.3) is 0 Å². The number of amides is 3. The summed E-state index contributed by atoms with van der Waals surface area (Å²) in [5, 5.41) is 16.0. The van der Waals surface area contributed by atoms with E-state index >= 15 is 0 Å². The molecule has 0 saturated carbocycles. The first-order valence-corrected chi connectivity index (χ1v) is 9.94. The predicted molar refractivity (Wildman–Crippen MR) is 109 cm³/mol. The molecule has 0 fully saturated rings. The molecular formula is C18H16FN5O2S2. The van der Waals surface area contributed by atoms with Gasteiger partial charge in [0.1, 0.15) is 5.82 Å². The fraction of sp³-hybridized carbons (Fsp3) is 0.111. The van der Waals surface area contributed by atoms with Crippen LogP contribution in [0.1, 0.15) is 5.56 Å². The van der Waals surface area contributed by atoms with Crippen molar-refractivity contribution in [1.29, 1.82) is 0 Å². The zero-order valence-electron chi connectivity index (χ0n) is 14.7. The smallest absolute Gasteiger partial charge is 0.325 e. The van der Waals surface area contributed by atoms with Crippen LogP contribution in [0.15, 0.2) is 52.9 Å². The molecule has 0 unspecified atom stereocenters. The van der Waals surface area contributed by atoms with E-state index in [0.717, 1.165) is 22.6 Å². The van der Waals surface area contributed by atoms with Crippen LogP contribution in [0.2, 0.25) is 0 Å². The number of carbonyl (C=O) groups is 2. The van der Waals surface area contributed by atoms with Crippen molar-refractivity contribution in [3.8, 4) is 0 Å². The highest BCUT2D eigenvalue weighted by Gasteiger charge is 2.11. The molecule has 0 aliphatic heterocycles. The van der Waals surface area contributed by atoms with Gasteiger partial charge in [0.05, 0.1) is 5.75 Å². The van der Waals surface area contributed by atoms with E-state index in [1.807, 2.05) is 31.2 Å². The minimum Gasteiger partial charge on any atom is -0.325 e. The van der Waals surface area contributed by atoms with Crippen molar-refractivity contribution in [2.75, 3.05) is 21.7 Å². The van der Waals surface area contributed by atoms with E-state index in [1.165, 1.54) is 36.0 Å². The van der Waals surface area contributed by atoms with Gasteiger partial charge in [0, 0.05) is 11.4 Å². The summed E-state index contributed by atoms with van der Waals surface area (Å²) in [6.07, 6.45) is 0. The second-order valence-electron chi connectivity index (χ2n) is 5.66. The number of urea groups is 1. The first-order chi connectivity index (χ1) is 13.5. The molecule has 0 spiro atoms. The molecule has 0 aliphatic carbocycles. The molecule has 3 rings (SSSR count). The first kappa shape index (κ1) is 19.8. The zero-order valence-corrected chi connectivity index (χ0v) is 16.4. The summed E-state index contributed by atoms with van der Waals surface area (Å²) in [6, 6.07) is 12.4. The number of rotatable bonds is 6. The van der Waals surface area contributed by atoms with Crippen molar-refractivity contribution >= 4 is 51.5 Å². The average Bonchev–Trinajstić information content (AvgIpc) is 3.11. The molecule has 0 radical (unpaired) electrons. The van der Waals surface area contributed by atoms with Gasteiger partial charge in [0.2, 0.25) is 11.0 Å². The second-order valence-corrected chi connectivity index (χ2v) is 7.86. The lowest BCUT2D eigenvalue weighted by Crippen LogP contribution is -2.19. The number of hydrogen-bond donors (Lipinski definition) is 3. The summed E-state index contributed by atoms with van der Waals surface area (Å²) in [4.78, 5) is 23.9. The Bertz CT molecular complexity index is 961. The molecule has 1 aromatic heterocycles. The van der Waals surface area contributed by atoms with Crippen LogP contribution in [0.3, 0.4) is 0 Å². The molecule has 3 amide bonds. The molecule has 0 saturated heterocycles. The highest BCUT2D eigenvalue weighted by molar-refractivity contribution is 8.01. The summed E-state index contributed by atoms with van der Waals surface area (Å²) in [5.41, 5.74) is 2.30. The van der Waals surface area contributed by atoms with E-state index in [-0.39, 0.29) is 17.5 Å². The molecule has 1 heterocycles. The van der Waals surface area contributed by atoms with Crippen LogP contribution in [0, 0.1) is 12.7 Å². The molecule has 28 heavy (non-hydrogen) atoms. The molecule has 0 aliphatic rings. The number of nitrogens with zero attached hydrogens (tertiary/aromatic N) is 2. The minimum absolute atomic E-state index is 0.160. The third-order valence-corrected chi connectivity index (χ3v) is 5.36. The van der Waals surface area contributed by atoms with Crippen molar-refractivity contribution in [2.24, 2.45) is 0 Å². The fourth-order valence-corrected chi connectivity index (χ4v) is 3.62. The van der Waals surface area contributed by atoms with Gasteiger partial charge in [-0.25, -0.2) is 9.18 Å². The number of hydrogen-bond acceptors (Lipinski definition) is 6. The number of aromatic nitrogens is 2. The van der Waals surface area contributed by atoms with Crippen LogP contribution in [0.5, 0.6) is 0 Å². The Morgan fingerprint density at radius 2 is 1.61 bits per heavy atom. The third-order valence-electron chi connectivity index (χ3n) is 3.39.